The number of benzene rings is 1. The molecule has 8 nitrogen and oxygen atoms in total. The number of nitrogens with zero attached hydrogens (tertiary/aromatic N) is 6. The van der Waals surface area contributed by atoms with Gasteiger partial charge < -0.3 is 14.5 Å². The quantitative estimate of drug-likeness (QED) is 0.399. The van der Waals surface area contributed by atoms with E-state index in [0.717, 1.165) is 40.9 Å². The van der Waals surface area contributed by atoms with Crippen LogP contribution in [0.5, 0.6) is 0 Å². The van der Waals surface area contributed by atoms with Crippen LogP contribution in [0.25, 0.3) is 22.2 Å². The summed E-state index contributed by atoms with van der Waals surface area (Å²) in [4.78, 5) is 21.9. The molecular weight excluding hydrogens is 495 g/mol. The molecule has 8 rings (SSSR count). The SMILES string of the molecule is N#Cc1cnn2cc(C3=CCOCC3)cc(-c3ccc(N4CC5CC(C4)N5C(=O)c4ccc(F)cc4)nc3)c12. The molecule has 1 amide bonds. The zero-order chi connectivity index (χ0) is 26.5. The first-order valence-corrected chi connectivity index (χ1v) is 13.1. The molecule has 9 heteroatoms. The largest absolute Gasteiger partial charge is 0.377 e. The third-order valence-electron chi connectivity index (χ3n) is 7.97. The third kappa shape index (κ3) is 4.04. The Kier molecular flexibility index (Phi) is 5.63. The van der Waals surface area contributed by atoms with Crippen LogP contribution in [0.3, 0.4) is 0 Å². The number of carbonyl (C=O) groups is 1. The number of amides is 1. The van der Waals surface area contributed by atoms with Gasteiger partial charge in [0.05, 0.1) is 42.6 Å². The first-order valence-electron chi connectivity index (χ1n) is 13.1. The van der Waals surface area contributed by atoms with Crippen LogP contribution < -0.4 is 4.90 Å². The van der Waals surface area contributed by atoms with E-state index in [-0.39, 0.29) is 23.8 Å². The number of pyridine rings is 2. The molecule has 0 saturated carbocycles. The molecule has 39 heavy (non-hydrogen) atoms. The van der Waals surface area contributed by atoms with Gasteiger partial charge in [-0.3, -0.25) is 4.79 Å². The summed E-state index contributed by atoms with van der Waals surface area (Å²) in [6, 6.07) is 14.4. The zero-order valence-corrected chi connectivity index (χ0v) is 21.1. The summed E-state index contributed by atoms with van der Waals surface area (Å²) in [5, 5.41) is 14.1. The molecule has 4 aromatic rings. The Labute approximate surface area is 224 Å². The number of hydrogen-bond donors (Lipinski definition) is 0. The molecule has 3 aromatic heterocycles. The van der Waals surface area contributed by atoms with E-state index in [9.17, 15) is 14.4 Å². The lowest BCUT2D eigenvalue weighted by molar-refractivity contribution is 0.00576. The number of piperazine rings is 1. The highest BCUT2D eigenvalue weighted by Gasteiger charge is 2.47. The zero-order valence-electron chi connectivity index (χ0n) is 21.1. The van der Waals surface area contributed by atoms with Gasteiger partial charge in [0.2, 0.25) is 0 Å². The van der Waals surface area contributed by atoms with E-state index in [1.165, 1.54) is 17.7 Å². The van der Waals surface area contributed by atoms with Crippen molar-refractivity contribution < 1.29 is 13.9 Å². The number of piperidine rings is 1. The van der Waals surface area contributed by atoms with Gasteiger partial charge in [-0.15, -0.1) is 0 Å². The molecule has 0 spiro atoms. The summed E-state index contributed by atoms with van der Waals surface area (Å²) >= 11 is 0. The average Bonchev–Trinajstić information content (AvgIpc) is 3.41. The highest BCUT2D eigenvalue weighted by molar-refractivity contribution is 5.95. The molecule has 1 aromatic carbocycles. The molecule has 2 atom stereocenters. The lowest BCUT2D eigenvalue weighted by atomic mass is 9.86. The maximum absolute atomic E-state index is 13.3. The molecule has 0 aliphatic carbocycles. The van der Waals surface area contributed by atoms with E-state index in [4.69, 9.17) is 9.72 Å². The molecule has 3 fully saturated rings. The summed E-state index contributed by atoms with van der Waals surface area (Å²) in [5.74, 6) is 0.466. The highest BCUT2D eigenvalue weighted by Crippen LogP contribution is 2.37. The van der Waals surface area contributed by atoms with E-state index in [1.807, 2.05) is 29.4 Å². The molecule has 0 N–H and O–H groups in total. The van der Waals surface area contributed by atoms with Crippen molar-refractivity contribution in [3.05, 3.63) is 89.6 Å². The van der Waals surface area contributed by atoms with Gasteiger partial charge in [0.1, 0.15) is 17.7 Å². The number of nitriles is 1. The molecule has 3 saturated heterocycles. The number of rotatable bonds is 4. The van der Waals surface area contributed by atoms with Crippen molar-refractivity contribution in [1.29, 1.82) is 5.26 Å². The Bertz CT molecular complexity index is 1640. The highest BCUT2D eigenvalue weighted by atomic mass is 19.1. The van der Waals surface area contributed by atoms with Crippen LogP contribution in [0, 0.1) is 17.1 Å². The number of fused-ring (bicyclic) bond motifs is 3. The van der Waals surface area contributed by atoms with Gasteiger partial charge in [-0.1, -0.05) is 6.08 Å². The normalized spacial score (nSPS) is 20.4. The number of ether oxygens (including phenoxy) is 1. The van der Waals surface area contributed by atoms with Crippen LogP contribution in [0.15, 0.2) is 67.1 Å². The van der Waals surface area contributed by atoms with Crippen LogP contribution in [-0.4, -0.2) is 63.8 Å². The first-order chi connectivity index (χ1) is 19.1. The van der Waals surface area contributed by atoms with Crippen LogP contribution >= 0.6 is 0 Å². The first kappa shape index (κ1) is 23.6. The van der Waals surface area contributed by atoms with Crippen molar-refractivity contribution in [2.45, 2.75) is 24.9 Å². The number of halogens is 1. The lowest BCUT2D eigenvalue weighted by Gasteiger charge is -2.56. The second-order valence-corrected chi connectivity index (χ2v) is 10.2. The molecule has 194 valence electrons. The molecule has 0 radical (unpaired) electrons. The molecular formula is C30H25FN6O2. The van der Waals surface area contributed by atoms with E-state index < -0.39 is 0 Å². The molecule has 2 bridgehead atoms. The Morgan fingerprint density at radius 3 is 2.59 bits per heavy atom. The fourth-order valence-corrected chi connectivity index (χ4v) is 5.99. The lowest BCUT2D eigenvalue weighted by Crippen LogP contribution is -2.70. The van der Waals surface area contributed by atoms with E-state index in [0.29, 0.717) is 37.4 Å². The van der Waals surface area contributed by atoms with Crippen LogP contribution in [0.2, 0.25) is 0 Å². The minimum atomic E-state index is -0.346. The van der Waals surface area contributed by atoms with Crippen LogP contribution in [0.1, 0.15) is 34.3 Å². The summed E-state index contributed by atoms with van der Waals surface area (Å²) in [7, 11) is 0. The maximum Gasteiger partial charge on any atom is 0.254 e. The minimum absolute atomic E-state index is 0.0446. The molecule has 7 heterocycles. The van der Waals surface area contributed by atoms with Crippen molar-refractivity contribution in [3.8, 4) is 17.2 Å². The molecule has 4 aliphatic rings. The Balaban J connectivity index is 1.14. The van der Waals surface area contributed by atoms with E-state index >= 15 is 0 Å². The van der Waals surface area contributed by atoms with Gasteiger partial charge in [-0.25, -0.2) is 13.9 Å². The van der Waals surface area contributed by atoms with Crippen molar-refractivity contribution >= 4 is 22.8 Å². The fraction of sp³-hybridized carbons (Fsp3) is 0.267. The fourth-order valence-electron chi connectivity index (χ4n) is 5.99. The standard InChI is InChI=1S/C30H25FN6O2/c31-24-4-1-20(2-5-24)30(38)37-25-12-26(37)18-35(17-25)28-6-3-21(14-33-28)27-11-22(19-7-9-39-10-8-19)16-36-29(27)23(13-32)15-34-36/h1-7,11,14-16,25-26H,8-10,12,17-18H2. The van der Waals surface area contributed by atoms with Gasteiger partial charge in [0, 0.05) is 42.2 Å². The van der Waals surface area contributed by atoms with Gasteiger partial charge in [-0.05, 0) is 66.4 Å². The predicted molar refractivity (Wildman–Crippen MR) is 144 cm³/mol. The van der Waals surface area contributed by atoms with Gasteiger partial charge in [-0.2, -0.15) is 10.4 Å². The van der Waals surface area contributed by atoms with Crippen molar-refractivity contribution in [2.75, 3.05) is 31.2 Å². The third-order valence-corrected chi connectivity index (χ3v) is 7.97. The maximum atomic E-state index is 13.3. The second-order valence-electron chi connectivity index (χ2n) is 10.2. The Morgan fingerprint density at radius 2 is 1.90 bits per heavy atom. The van der Waals surface area contributed by atoms with E-state index in [1.54, 1.807) is 22.8 Å². The van der Waals surface area contributed by atoms with Crippen LogP contribution in [-0.2, 0) is 4.74 Å². The number of anilines is 1. The summed E-state index contributed by atoms with van der Waals surface area (Å²) in [5.41, 5.74) is 5.87. The van der Waals surface area contributed by atoms with Gasteiger partial charge in [0.25, 0.3) is 5.91 Å². The second kappa shape index (κ2) is 9.33. The number of aromatic nitrogens is 3. The molecule has 2 unspecified atom stereocenters. The minimum Gasteiger partial charge on any atom is -0.377 e. The van der Waals surface area contributed by atoms with Gasteiger partial charge >= 0.3 is 0 Å². The summed E-state index contributed by atoms with van der Waals surface area (Å²) < 4.78 is 20.5. The number of carbonyl (C=O) groups excluding carboxylic acids is 1. The smallest absolute Gasteiger partial charge is 0.254 e. The topological polar surface area (TPSA) is 86.8 Å². The van der Waals surface area contributed by atoms with Crippen molar-refractivity contribution in [3.63, 3.8) is 0 Å². The molecule has 4 aliphatic heterocycles. The monoisotopic (exact) mass is 520 g/mol. The Morgan fingerprint density at radius 1 is 1.08 bits per heavy atom. The van der Waals surface area contributed by atoms with Gasteiger partial charge in [0.15, 0.2) is 0 Å². The van der Waals surface area contributed by atoms with Crippen LogP contribution in [0.4, 0.5) is 10.2 Å². The Hall–Kier alpha value is -4.55. The van der Waals surface area contributed by atoms with Crippen molar-refractivity contribution in [1.82, 2.24) is 19.5 Å². The van der Waals surface area contributed by atoms with Crippen molar-refractivity contribution in [2.24, 2.45) is 0 Å². The average molecular weight is 521 g/mol. The predicted octanol–water partition coefficient (Wildman–Crippen LogP) is 4.31. The number of hydrogen-bond acceptors (Lipinski definition) is 6. The van der Waals surface area contributed by atoms with E-state index in [2.05, 4.69) is 28.2 Å². The summed E-state index contributed by atoms with van der Waals surface area (Å²) in [6.45, 7) is 2.68. The summed E-state index contributed by atoms with van der Waals surface area (Å²) in [6.07, 6.45) is 9.30.